The van der Waals surface area contributed by atoms with Crippen LogP contribution in [-0.2, 0) is 16.2 Å². The molecule has 4 amide bonds. The van der Waals surface area contributed by atoms with Gasteiger partial charge in [-0.1, -0.05) is 39.7 Å². The molecule has 190 valence electrons. The van der Waals surface area contributed by atoms with E-state index in [1.165, 1.54) is 6.08 Å². The first-order chi connectivity index (χ1) is 17.7. The summed E-state index contributed by atoms with van der Waals surface area (Å²) in [4.78, 5) is 39.5. The van der Waals surface area contributed by atoms with E-state index in [0.29, 0.717) is 44.4 Å². The zero-order valence-corrected chi connectivity index (χ0v) is 23.7. The first-order valence-corrected chi connectivity index (χ1v) is 13.2. The zero-order chi connectivity index (χ0) is 26.7. The van der Waals surface area contributed by atoms with E-state index in [4.69, 9.17) is 21.1 Å². The van der Waals surface area contributed by atoms with Crippen molar-refractivity contribution >= 4 is 73.1 Å². The Labute approximate surface area is 235 Å². The van der Waals surface area contributed by atoms with Crippen molar-refractivity contribution in [2.45, 2.75) is 20.5 Å². The maximum absolute atomic E-state index is 13.3. The Hall–Kier alpha value is -3.14. The Balaban J connectivity index is 1.67. The predicted octanol–water partition coefficient (Wildman–Crippen LogP) is 6.82. The van der Waals surface area contributed by atoms with Gasteiger partial charge in [0.05, 0.1) is 16.8 Å². The SMILES string of the molecule is CCOc1cc(/C=C2/C(=O)NC(=O)N(c3ccc(Br)cc3C)C2=O)cc(Br)c1OCc1ccc(Cl)cc1. The predicted molar refractivity (Wildman–Crippen MR) is 149 cm³/mol. The van der Waals surface area contributed by atoms with Crippen molar-refractivity contribution in [3.63, 3.8) is 0 Å². The molecule has 1 N–H and O–H groups in total. The van der Waals surface area contributed by atoms with Gasteiger partial charge in [-0.2, -0.15) is 0 Å². The quantitative estimate of drug-likeness (QED) is 0.225. The molecule has 1 heterocycles. The van der Waals surface area contributed by atoms with E-state index in [0.717, 1.165) is 14.9 Å². The van der Waals surface area contributed by atoms with Gasteiger partial charge in [-0.05, 0) is 95.0 Å². The van der Waals surface area contributed by atoms with Crippen LogP contribution in [-0.4, -0.2) is 24.5 Å². The summed E-state index contributed by atoms with van der Waals surface area (Å²) in [5, 5.41) is 2.88. The molecule has 7 nitrogen and oxygen atoms in total. The number of rotatable bonds is 7. The van der Waals surface area contributed by atoms with Crippen molar-refractivity contribution in [3.05, 3.63) is 90.8 Å². The van der Waals surface area contributed by atoms with Gasteiger partial charge in [-0.25, -0.2) is 9.69 Å². The fourth-order valence-corrected chi connectivity index (χ4v) is 4.90. The highest BCUT2D eigenvalue weighted by Gasteiger charge is 2.37. The van der Waals surface area contributed by atoms with Gasteiger partial charge >= 0.3 is 6.03 Å². The number of ether oxygens (including phenoxy) is 2. The number of barbiturate groups is 1. The van der Waals surface area contributed by atoms with Crippen molar-refractivity contribution in [2.24, 2.45) is 0 Å². The summed E-state index contributed by atoms with van der Waals surface area (Å²) in [6.45, 7) is 4.26. The van der Waals surface area contributed by atoms with Crippen LogP contribution in [0.2, 0.25) is 5.02 Å². The molecule has 37 heavy (non-hydrogen) atoms. The van der Waals surface area contributed by atoms with E-state index in [2.05, 4.69) is 37.2 Å². The minimum Gasteiger partial charge on any atom is -0.490 e. The number of nitrogens with one attached hydrogen (secondary N) is 1. The Kier molecular flexibility index (Phi) is 8.36. The number of carbonyl (C=O) groups is 3. The van der Waals surface area contributed by atoms with Crippen LogP contribution < -0.4 is 19.7 Å². The molecule has 4 rings (SSSR count). The first-order valence-electron chi connectivity index (χ1n) is 11.2. The molecule has 0 aliphatic carbocycles. The molecule has 3 aromatic rings. The molecule has 0 unspecified atom stereocenters. The number of halogens is 3. The Bertz CT molecular complexity index is 1420. The van der Waals surface area contributed by atoms with E-state index in [1.807, 2.05) is 19.1 Å². The zero-order valence-electron chi connectivity index (χ0n) is 19.8. The second kappa shape index (κ2) is 11.5. The Morgan fingerprint density at radius 1 is 1.00 bits per heavy atom. The number of aryl methyl sites for hydroxylation is 1. The van der Waals surface area contributed by atoms with Crippen LogP contribution in [0.25, 0.3) is 6.08 Å². The average Bonchev–Trinajstić information content (AvgIpc) is 2.84. The number of amides is 4. The van der Waals surface area contributed by atoms with E-state index >= 15 is 0 Å². The van der Waals surface area contributed by atoms with Gasteiger partial charge in [0.2, 0.25) is 0 Å². The van der Waals surface area contributed by atoms with Gasteiger partial charge in [0.15, 0.2) is 11.5 Å². The summed E-state index contributed by atoms with van der Waals surface area (Å²) in [6.07, 6.45) is 1.42. The minimum absolute atomic E-state index is 0.189. The number of benzene rings is 3. The molecule has 0 bridgehead atoms. The topological polar surface area (TPSA) is 84.9 Å². The van der Waals surface area contributed by atoms with Crippen molar-refractivity contribution in [2.75, 3.05) is 11.5 Å². The number of hydrogen-bond acceptors (Lipinski definition) is 5. The van der Waals surface area contributed by atoms with Crippen LogP contribution in [0.15, 0.2) is 69.1 Å². The van der Waals surface area contributed by atoms with Crippen molar-refractivity contribution in [3.8, 4) is 11.5 Å². The maximum Gasteiger partial charge on any atom is 0.335 e. The number of hydrogen-bond donors (Lipinski definition) is 1. The van der Waals surface area contributed by atoms with E-state index in [9.17, 15) is 14.4 Å². The van der Waals surface area contributed by atoms with Crippen molar-refractivity contribution in [1.82, 2.24) is 5.32 Å². The molecule has 0 aromatic heterocycles. The third kappa shape index (κ3) is 6.06. The number of imide groups is 2. The molecule has 1 aliphatic rings. The van der Waals surface area contributed by atoms with Gasteiger partial charge in [-0.3, -0.25) is 14.9 Å². The molecule has 0 atom stereocenters. The average molecular weight is 649 g/mol. The van der Waals surface area contributed by atoms with Crippen LogP contribution in [0, 0.1) is 6.92 Å². The summed E-state index contributed by atoms with van der Waals surface area (Å²) >= 11 is 12.8. The molecule has 1 fully saturated rings. The lowest BCUT2D eigenvalue weighted by Gasteiger charge is -2.27. The minimum atomic E-state index is -0.806. The Morgan fingerprint density at radius 3 is 2.41 bits per heavy atom. The summed E-state index contributed by atoms with van der Waals surface area (Å²) < 4.78 is 13.2. The highest BCUT2D eigenvalue weighted by atomic mass is 79.9. The van der Waals surface area contributed by atoms with Gasteiger partial charge in [0, 0.05) is 9.50 Å². The molecule has 1 saturated heterocycles. The van der Waals surface area contributed by atoms with Gasteiger partial charge in [-0.15, -0.1) is 0 Å². The molecule has 0 radical (unpaired) electrons. The third-order valence-corrected chi connectivity index (χ3v) is 6.77. The van der Waals surface area contributed by atoms with Crippen LogP contribution in [0.4, 0.5) is 10.5 Å². The summed E-state index contributed by atoms with van der Waals surface area (Å²) in [7, 11) is 0. The monoisotopic (exact) mass is 646 g/mol. The van der Waals surface area contributed by atoms with Crippen LogP contribution >= 0.6 is 43.5 Å². The summed E-state index contributed by atoms with van der Waals surface area (Å²) in [5.74, 6) is -0.604. The molecule has 3 aromatic carbocycles. The molecule has 1 aliphatic heterocycles. The normalized spacial score (nSPS) is 14.7. The summed E-state index contributed by atoms with van der Waals surface area (Å²) in [6, 6.07) is 15.0. The lowest BCUT2D eigenvalue weighted by Crippen LogP contribution is -2.54. The van der Waals surface area contributed by atoms with Gasteiger partial charge in [0.1, 0.15) is 12.2 Å². The highest BCUT2D eigenvalue weighted by molar-refractivity contribution is 9.10. The largest absolute Gasteiger partial charge is 0.490 e. The molecule has 10 heteroatoms. The van der Waals surface area contributed by atoms with E-state index < -0.39 is 17.8 Å². The molecule has 0 spiro atoms. The smallest absolute Gasteiger partial charge is 0.335 e. The second-order valence-corrected chi connectivity index (χ2v) is 10.3. The third-order valence-electron chi connectivity index (χ3n) is 5.44. The number of urea groups is 1. The van der Waals surface area contributed by atoms with E-state index in [-0.39, 0.29) is 12.2 Å². The van der Waals surface area contributed by atoms with Crippen molar-refractivity contribution < 1.29 is 23.9 Å². The fraction of sp³-hybridized carbons (Fsp3) is 0.148. The number of carbonyl (C=O) groups excluding carboxylic acids is 3. The lowest BCUT2D eigenvalue weighted by atomic mass is 10.1. The molecular formula is C27H21Br2ClN2O5. The van der Waals surface area contributed by atoms with Crippen molar-refractivity contribution in [1.29, 1.82) is 0 Å². The fourth-order valence-electron chi connectivity index (χ4n) is 3.72. The van der Waals surface area contributed by atoms with Crippen LogP contribution in [0.3, 0.4) is 0 Å². The summed E-state index contributed by atoms with van der Waals surface area (Å²) in [5.41, 5.74) is 2.31. The van der Waals surface area contributed by atoms with Gasteiger partial charge < -0.3 is 9.47 Å². The second-order valence-electron chi connectivity index (χ2n) is 8.07. The lowest BCUT2D eigenvalue weighted by molar-refractivity contribution is -0.122. The van der Waals surface area contributed by atoms with Gasteiger partial charge in [0.25, 0.3) is 11.8 Å². The highest BCUT2D eigenvalue weighted by Crippen LogP contribution is 2.38. The Morgan fingerprint density at radius 2 is 1.73 bits per heavy atom. The maximum atomic E-state index is 13.3. The van der Waals surface area contributed by atoms with Crippen LogP contribution in [0.1, 0.15) is 23.6 Å². The number of nitrogens with zero attached hydrogens (tertiary/aromatic N) is 1. The first kappa shape index (κ1) is 26.9. The standard InChI is InChI=1S/C27H21Br2ClN2O5/c1-3-36-23-13-17(12-21(29)24(23)37-14-16-4-7-19(30)8-5-16)11-20-25(33)31-27(35)32(26(20)34)22-9-6-18(28)10-15(22)2/h4-13H,3,14H2,1-2H3,(H,31,33,35)/b20-11-. The van der Waals surface area contributed by atoms with E-state index in [1.54, 1.807) is 49.4 Å². The van der Waals surface area contributed by atoms with Crippen LogP contribution in [0.5, 0.6) is 11.5 Å². The molecule has 0 saturated carbocycles. The number of anilines is 1. The molecular weight excluding hydrogens is 628 g/mol.